The van der Waals surface area contributed by atoms with Crippen LogP contribution in [0.25, 0.3) is 0 Å². The lowest BCUT2D eigenvalue weighted by molar-refractivity contribution is -0.0632. The van der Waals surface area contributed by atoms with Gasteiger partial charge in [-0.15, -0.1) is 0 Å². The molecule has 0 radical (unpaired) electrons. The van der Waals surface area contributed by atoms with Crippen LogP contribution in [0.3, 0.4) is 0 Å². The van der Waals surface area contributed by atoms with Crippen molar-refractivity contribution in [3.8, 4) is 5.75 Å². The fourth-order valence-electron chi connectivity index (χ4n) is 2.52. The van der Waals surface area contributed by atoms with E-state index in [1.54, 1.807) is 31.4 Å². The van der Waals surface area contributed by atoms with Gasteiger partial charge < -0.3 is 25.1 Å². The Hall–Kier alpha value is -1.30. The summed E-state index contributed by atoms with van der Waals surface area (Å²) in [7, 11) is 1.74. The number of aliphatic hydroxyl groups excluding tert-OH is 1. The molecule has 3 atom stereocenters. The second-order valence-corrected chi connectivity index (χ2v) is 5.51. The maximum absolute atomic E-state index is 9.91. The van der Waals surface area contributed by atoms with Gasteiger partial charge in [-0.1, -0.05) is 0 Å². The number of aliphatic hydroxyl groups is 1. The molecule has 1 aromatic rings. The van der Waals surface area contributed by atoms with E-state index in [0.717, 1.165) is 25.7 Å². The number of benzene rings is 1. The van der Waals surface area contributed by atoms with E-state index in [0.29, 0.717) is 11.4 Å². The Morgan fingerprint density at radius 2 is 1.90 bits per heavy atom. The minimum absolute atomic E-state index is 0.176. The number of anilines is 1. The molecule has 3 unspecified atom stereocenters. The van der Waals surface area contributed by atoms with Gasteiger partial charge in [0.05, 0.1) is 18.8 Å². The van der Waals surface area contributed by atoms with E-state index in [2.05, 4.69) is 0 Å². The van der Waals surface area contributed by atoms with Gasteiger partial charge in [0.15, 0.2) is 0 Å². The maximum Gasteiger partial charge on any atom is 0.119 e. The first-order chi connectivity index (χ1) is 10.2. The second kappa shape index (κ2) is 8.22. The molecule has 0 spiro atoms. The Labute approximate surface area is 126 Å². The van der Waals surface area contributed by atoms with E-state index in [4.69, 9.17) is 19.9 Å². The second-order valence-electron chi connectivity index (χ2n) is 5.51. The Balaban J connectivity index is 1.65. The number of rotatable bonds is 7. The van der Waals surface area contributed by atoms with E-state index < -0.39 is 6.10 Å². The molecule has 5 nitrogen and oxygen atoms in total. The number of nitrogens with two attached hydrogens (primary N) is 1. The molecular weight excluding hydrogens is 270 g/mol. The minimum atomic E-state index is -0.634. The SMILES string of the molecule is COC1CCCC(OCC(O)COc2ccc(N)cc2)C1. The van der Waals surface area contributed by atoms with Gasteiger partial charge in [-0.2, -0.15) is 0 Å². The highest BCUT2D eigenvalue weighted by Gasteiger charge is 2.22. The molecule has 0 heterocycles. The summed E-state index contributed by atoms with van der Waals surface area (Å²) in [5.41, 5.74) is 6.29. The third-order valence-corrected chi connectivity index (χ3v) is 3.76. The molecule has 1 saturated carbocycles. The molecule has 1 aromatic carbocycles. The topological polar surface area (TPSA) is 73.9 Å². The zero-order valence-electron chi connectivity index (χ0n) is 12.5. The highest BCUT2D eigenvalue weighted by molar-refractivity contribution is 5.41. The normalized spacial score (nSPS) is 23.7. The molecule has 1 aliphatic carbocycles. The maximum atomic E-state index is 9.91. The molecule has 0 saturated heterocycles. The van der Waals surface area contributed by atoms with E-state index >= 15 is 0 Å². The average Bonchev–Trinajstić information content (AvgIpc) is 2.52. The van der Waals surface area contributed by atoms with Crippen LogP contribution >= 0.6 is 0 Å². The molecule has 5 heteroatoms. The lowest BCUT2D eigenvalue weighted by atomic mass is 9.95. The van der Waals surface area contributed by atoms with Crippen molar-refractivity contribution < 1.29 is 19.3 Å². The van der Waals surface area contributed by atoms with Crippen molar-refractivity contribution in [2.24, 2.45) is 0 Å². The molecule has 21 heavy (non-hydrogen) atoms. The van der Waals surface area contributed by atoms with Crippen LogP contribution in [0.2, 0.25) is 0 Å². The van der Waals surface area contributed by atoms with Gasteiger partial charge in [-0.25, -0.2) is 0 Å². The monoisotopic (exact) mass is 295 g/mol. The highest BCUT2D eigenvalue weighted by Crippen LogP contribution is 2.23. The number of ether oxygens (including phenoxy) is 3. The lowest BCUT2D eigenvalue weighted by Gasteiger charge is -2.28. The van der Waals surface area contributed by atoms with Crippen molar-refractivity contribution in [3.63, 3.8) is 0 Å². The summed E-state index contributed by atoms with van der Waals surface area (Å²) in [6.45, 7) is 0.500. The molecule has 0 bridgehead atoms. The molecular formula is C16H25NO4. The quantitative estimate of drug-likeness (QED) is 0.752. The Bertz CT molecular complexity index is 409. The van der Waals surface area contributed by atoms with Crippen molar-refractivity contribution in [1.29, 1.82) is 0 Å². The van der Waals surface area contributed by atoms with Crippen LogP contribution in [-0.2, 0) is 9.47 Å². The van der Waals surface area contributed by atoms with E-state index in [9.17, 15) is 5.11 Å². The molecule has 2 rings (SSSR count). The van der Waals surface area contributed by atoms with Crippen molar-refractivity contribution in [2.75, 3.05) is 26.1 Å². The minimum Gasteiger partial charge on any atom is -0.491 e. The van der Waals surface area contributed by atoms with Crippen LogP contribution < -0.4 is 10.5 Å². The molecule has 1 fully saturated rings. The van der Waals surface area contributed by atoms with Crippen LogP contribution in [0.5, 0.6) is 5.75 Å². The van der Waals surface area contributed by atoms with Crippen molar-refractivity contribution in [3.05, 3.63) is 24.3 Å². The van der Waals surface area contributed by atoms with Crippen LogP contribution in [0.15, 0.2) is 24.3 Å². The van der Waals surface area contributed by atoms with E-state index in [1.807, 2.05) is 0 Å². The zero-order chi connectivity index (χ0) is 15.1. The summed E-state index contributed by atoms with van der Waals surface area (Å²) in [4.78, 5) is 0. The molecule has 1 aliphatic rings. The first kappa shape index (κ1) is 16.1. The Morgan fingerprint density at radius 3 is 2.62 bits per heavy atom. The van der Waals surface area contributed by atoms with Gasteiger partial charge in [-0.3, -0.25) is 0 Å². The number of nitrogen functional groups attached to an aromatic ring is 1. The third kappa shape index (κ3) is 5.53. The fraction of sp³-hybridized carbons (Fsp3) is 0.625. The number of hydrogen-bond acceptors (Lipinski definition) is 5. The van der Waals surface area contributed by atoms with Crippen molar-refractivity contribution in [1.82, 2.24) is 0 Å². The Morgan fingerprint density at radius 1 is 1.19 bits per heavy atom. The summed E-state index contributed by atoms with van der Waals surface area (Å²) >= 11 is 0. The van der Waals surface area contributed by atoms with Gasteiger partial charge in [0.2, 0.25) is 0 Å². The highest BCUT2D eigenvalue weighted by atomic mass is 16.5. The van der Waals surface area contributed by atoms with Gasteiger partial charge in [0.25, 0.3) is 0 Å². The van der Waals surface area contributed by atoms with Gasteiger partial charge in [0.1, 0.15) is 18.5 Å². The molecule has 118 valence electrons. The van der Waals surface area contributed by atoms with Crippen molar-refractivity contribution >= 4 is 5.69 Å². The van der Waals surface area contributed by atoms with Crippen LogP contribution in [0.1, 0.15) is 25.7 Å². The average molecular weight is 295 g/mol. The van der Waals surface area contributed by atoms with Crippen molar-refractivity contribution in [2.45, 2.75) is 44.0 Å². The first-order valence-corrected chi connectivity index (χ1v) is 7.48. The van der Waals surface area contributed by atoms with Gasteiger partial charge in [0, 0.05) is 12.8 Å². The standard InChI is InChI=1S/C16H25NO4/c1-19-15-3-2-4-16(9-15)21-11-13(18)10-20-14-7-5-12(17)6-8-14/h5-8,13,15-16,18H,2-4,9-11,17H2,1H3. The predicted octanol–water partition coefficient (Wildman–Crippen LogP) is 1.98. The van der Waals surface area contributed by atoms with Gasteiger partial charge in [-0.05, 0) is 49.9 Å². The van der Waals surface area contributed by atoms with E-state index in [-0.39, 0.29) is 25.4 Å². The number of hydrogen-bond donors (Lipinski definition) is 2. The summed E-state index contributed by atoms with van der Waals surface area (Å²) in [6, 6.07) is 7.11. The zero-order valence-corrected chi connectivity index (χ0v) is 12.5. The molecule has 0 amide bonds. The smallest absolute Gasteiger partial charge is 0.119 e. The first-order valence-electron chi connectivity index (χ1n) is 7.48. The van der Waals surface area contributed by atoms with E-state index in [1.165, 1.54) is 0 Å². The molecule has 0 aliphatic heterocycles. The summed E-state index contributed by atoms with van der Waals surface area (Å²) in [5, 5.41) is 9.91. The fourth-order valence-corrected chi connectivity index (χ4v) is 2.52. The summed E-state index contributed by atoms with van der Waals surface area (Å²) in [5.74, 6) is 0.695. The summed E-state index contributed by atoms with van der Waals surface area (Å²) in [6.07, 6.45) is 3.97. The third-order valence-electron chi connectivity index (χ3n) is 3.76. The van der Waals surface area contributed by atoms with Crippen LogP contribution in [0, 0.1) is 0 Å². The predicted molar refractivity (Wildman–Crippen MR) is 81.4 cm³/mol. The summed E-state index contributed by atoms with van der Waals surface area (Å²) < 4.78 is 16.6. The van der Waals surface area contributed by atoms with Crippen LogP contribution in [-0.4, -0.2) is 43.7 Å². The largest absolute Gasteiger partial charge is 0.491 e. The number of methoxy groups -OCH3 is 1. The van der Waals surface area contributed by atoms with Crippen LogP contribution in [0.4, 0.5) is 5.69 Å². The lowest BCUT2D eigenvalue weighted by Crippen LogP contribution is -2.31. The molecule has 0 aromatic heterocycles. The van der Waals surface area contributed by atoms with Gasteiger partial charge >= 0.3 is 0 Å². The molecule has 3 N–H and O–H groups in total. The Kier molecular flexibility index (Phi) is 6.29.